The summed E-state index contributed by atoms with van der Waals surface area (Å²) in [6.07, 6.45) is 0. The zero-order chi connectivity index (χ0) is 15.6. The molecule has 0 unspecified atom stereocenters. The molecule has 4 nitrogen and oxygen atoms in total. The van der Waals surface area contributed by atoms with E-state index in [4.69, 9.17) is 5.73 Å². The number of benzene rings is 1. The summed E-state index contributed by atoms with van der Waals surface area (Å²) in [5.74, 6) is -0.742. The number of rotatable bonds is 5. The van der Waals surface area contributed by atoms with Crippen molar-refractivity contribution in [2.24, 2.45) is 0 Å². The Hall–Kier alpha value is -1.44. The average molecular weight is 328 g/mol. The normalized spacial score (nSPS) is 12.0. The number of hydrogen-bond acceptors (Lipinski definition) is 4. The first-order valence-corrected chi connectivity index (χ1v) is 8.76. The molecule has 2 aromatic rings. The molecule has 0 atom stereocenters. The molecule has 0 radical (unpaired) electrons. The predicted octanol–water partition coefficient (Wildman–Crippen LogP) is 2.99. The van der Waals surface area contributed by atoms with Gasteiger partial charge in [-0.2, -0.15) is 4.31 Å². The molecule has 0 aliphatic heterocycles. The van der Waals surface area contributed by atoms with Gasteiger partial charge in [0.1, 0.15) is 10.7 Å². The van der Waals surface area contributed by atoms with Gasteiger partial charge in [-0.05, 0) is 36.1 Å². The molecule has 7 heteroatoms. The number of aryl methyl sites for hydroxylation is 1. The van der Waals surface area contributed by atoms with Gasteiger partial charge in [0, 0.05) is 23.7 Å². The van der Waals surface area contributed by atoms with Crippen LogP contribution in [0, 0.1) is 12.7 Å². The van der Waals surface area contributed by atoms with Crippen LogP contribution in [-0.2, 0) is 16.6 Å². The third-order valence-electron chi connectivity index (χ3n) is 3.13. The van der Waals surface area contributed by atoms with Crippen molar-refractivity contribution >= 4 is 27.0 Å². The van der Waals surface area contributed by atoms with Crippen LogP contribution in [0.1, 0.15) is 17.4 Å². The number of halogens is 1. The fourth-order valence-electron chi connectivity index (χ4n) is 2.03. The van der Waals surface area contributed by atoms with Crippen LogP contribution >= 0.6 is 11.3 Å². The molecule has 2 N–H and O–H groups in total. The molecular weight excluding hydrogens is 311 g/mol. The van der Waals surface area contributed by atoms with Gasteiger partial charge in [0.2, 0.25) is 10.0 Å². The van der Waals surface area contributed by atoms with Gasteiger partial charge in [0.05, 0.1) is 0 Å². The van der Waals surface area contributed by atoms with Gasteiger partial charge in [-0.15, -0.1) is 11.3 Å². The Morgan fingerprint density at radius 3 is 2.67 bits per heavy atom. The molecule has 0 aliphatic carbocycles. The number of nitrogen functional groups attached to an aromatic ring is 1. The predicted molar refractivity (Wildman–Crippen MR) is 83.1 cm³/mol. The highest BCUT2D eigenvalue weighted by molar-refractivity contribution is 7.89. The minimum absolute atomic E-state index is 0.223. The smallest absolute Gasteiger partial charge is 0.246 e. The van der Waals surface area contributed by atoms with Crippen LogP contribution in [0.5, 0.6) is 0 Å². The molecule has 0 aliphatic rings. The van der Waals surface area contributed by atoms with Crippen LogP contribution in [0.4, 0.5) is 10.1 Å². The molecule has 0 bridgehead atoms. The van der Waals surface area contributed by atoms with Gasteiger partial charge in [0.25, 0.3) is 0 Å². The van der Waals surface area contributed by atoms with Gasteiger partial charge in [-0.1, -0.05) is 13.0 Å². The van der Waals surface area contributed by atoms with Gasteiger partial charge < -0.3 is 5.73 Å². The lowest BCUT2D eigenvalue weighted by molar-refractivity contribution is 0.421. The Morgan fingerprint density at radius 2 is 2.10 bits per heavy atom. The fraction of sp³-hybridized carbons (Fsp3) is 0.286. The standard InChI is InChI=1S/C14H17FN2O2S2/c1-3-17(9-12-5-4-6-20-12)21(18,19)13-8-11(16)7-10(2)14(13)15/h4-8H,3,9,16H2,1-2H3. The Bertz CT molecular complexity index is 728. The largest absolute Gasteiger partial charge is 0.399 e. The maximum absolute atomic E-state index is 14.2. The van der Waals surface area contributed by atoms with Crippen LogP contribution in [0.25, 0.3) is 0 Å². The second-order valence-electron chi connectivity index (χ2n) is 4.66. The van der Waals surface area contributed by atoms with Gasteiger partial charge >= 0.3 is 0 Å². The van der Waals surface area contributed by atoms with E-state index in [1.165, 1.54) is 34.7 Å². The minimum Gasteiger partial charge on any atom is -0.399 e. The lowest BCUT2D eigenvalue weighted by Gasteiger charge is -2.21. The van der Waals surface area contributed by atoms with Gasteiger partial charge in [0.15, 0.2) is 0 Å². The van der Waals surface area contributed by atoms with Crippen LogP contribution in [0.15, 0.2) is 34.5 Å². The van der Waals surface area contributed by atoms with Crippen LogP contribution in [-0.4, -0.2) is 19.3 Å². The number of anilines is 1. The van der Waals surface area contributed by atoms with Crippen LogP contribution in [0.2, 0.25) is 0 Å². The van der Waals surface area contributed by atoms with Crippen molar-refractivity contribution in [3.8, 4) is 0 Å². The van der Waals surface area contributed by atoms with Crippen LogP contribution < -0.4 is 5.73 Å². The quantitative estimate of drug-likeness (QED) is 0.858. The summed E-state index contributed by atoms with van der Waals surface area (Å²) < 4.78 is 40.7. The Kier molecular flexibility index (Phi) is 4.65. The molecule has 0 saturated carbocycles. The molecule has 2 rings (SSSR count). The molecule has 0 fully saturated rings. The van der Waals surface area contributed by atoms with Crippen molar-refractivity contribution in [1.29, 1.82) is 0 Å². The summed E-state index contributed by atoms with van der Waals surface area (Å²) in [7, 11) is -3.92. The van der Waals surface area contributed by atoms with E-state index in [1.807, 2.05) is 17.5 Å². The van der Waals surface area contributed by atoms with E-state index >= 15 is 0 Å². The molecule has 0 amide bonds. The van der Waals surface area contributed by atoms with E-state index in [9.17, 15) is 12.8 Å². The van der Waals surface area contributed by atoms with E-state index in [1.54, 1.807) is 6.92 Å². The zero-order valence-electron chi connectivity index (χ0n) is 11.8. The van der Waals surface area contributed by atoms with Crippen molar-refractivity contribution in [2.75, 3.05) is 12.3 Å². The maximum Gasteiger partial charge on any atom is 0.246 e. The molecule has 1 aromatic heterocycles. The number of nitrogens with two attached hydrogens (primary N) is 1. The second-order valence-corrected chi connectivity index (χ2v) is 7.60. The highest BCUT2D eigenvalue weighted by Crippen LogP contribution is 2.26. The SMILES string of the molecule is CCN(Cc1cccs1)S(=O)(=O)c1cc(N)cc(C)c1F. The number of hydrogen-bond donors (Lipinski definition) is 1. The first-order valence-electron chi connectivity index (χ1n) is 6.44. The summed E-state index contributed by atoms with van der Waals surface area (Å²) >= 11 is 1.46. The summed E-state index contributed by atoms with van der Waals surface area (Å²) in [6, 6.07) is 6.30. The van der Waals surface area contributed by atoms with E-state index in [2.05, 4.69) is 0 Å². The van der Waals surface area contributed by atoms with Gasteiger partial charge in [-0.3, -0.25) is 0 Å². The molecule has 1 aromatic carbocycles. The lowest BCUT2D eigenvalue weighted by atomic mass is 10.2. The highest BCUT2D eigenvalue weighted by atomic mass is 32.2. The zero-order valence-corrected chi connectivity index (χ0v) is 13.5. The first-order chi connectivity index (χ1) is 9.86. The van der Waals surface area contributed by atoms with Crippen molar-refractivity contribution in [2.45, 2.75) is 25.3 Å². The van der Waals surface area contributed by atoms with Crippen molar-refractivity contribution < 1.29 is 12.8 Å². The van der Waals surface area contributed by atoms with Crippen molar-refractivity contribution in [3.05, 3.63) is 45.9 Å². The number of thiophene rings is 1. The minimum atomic E-state index is -3.92. The second kappa shape index (κ2) is 6.13. The van der Waals surface area contributed by atoms with E-state index in [0.29, 0.717) is 0 Å². The lowest BCUT2D eigenvalue weighted by Crippen LogP contribution is -2.31. The summed E-state index contributed by atoms with van der Waals surface area (Å²) in [6.45, 7) is 3.71. The average Bonchev–Trinajstić information content (AvgIpc) is 2.92. The van der Waals surface area contributed by atoms with E-state index in [0.717, 1.165) is 4.88 Å². The molecule has 0 spiro atoms. The number of nitrogens with zero attached hydrogens (tertiary/aromatic N) is 1. The topological polar surface area (TPSA) is 63.4 Å². The third-order valence-corrected chi connectivity index (χ3v) is 5.91. The van der Waals surface area contributed by atoms with E-state index in [-0.39, 0.29) is 29.2 Å². The Balaban J connectivity index is 2.44. The van der Waals surface area contributed by atoms with Crippen molar-refractivity contribution in [3.63, 3.8) is 0 Å². The molecule has 0 saturated heterocycles. The monoisotopic (exact) mass is 328 g/mol. The molecular formula is C14H17FN2O2S2. The fourth-order valence-corrected chi connectivity index (χ4v) is 4.43. The maximum atomic E-state index is 14.2. The third kappa shape index (κ3) is 3.25. The van der Waals surface area contributed by atoms with Gasteiger partial charge in [-0.25, -0.2) is 12.8 Å². The highest BCUT2D eigenvalue weighted by Gasteiger charge is 2.28. The number of sulfonamides is 1. The van der Waals surface area contributed by atoms with Crippen LogP contribution in [0.3, 0.4) is 0 Å². The Labute approximate surface area is 128 Å². The molecule has 114 valence electrons. The Morgan fingerprint density at radius 1 is 1.38 bits per heavy atom. The summed E-state index contributed by atoms with van der Waals surface area (Å²) in [4.78, 5) is 0.542. The summed E-state index contributed by atoms with van der Waals surface area (Å²) in [5.41, 5.74) is 6.11. The molecule has 1 heterocycles. The first kappa shape index (κ1) is 15.9. The molecule has 21 heavy (non-hydrogen) atoms. The summed E-state index contributed by atoms with van der Waals surface area (Å²) in [5, 5.41) is 1.88. The van der Waals surface area contributed by atoms with E-state index < -0.39 is 15.8 Å². The van der Waals surface area contributed by atoms with Crippen molar-refractivity contribution in [1.82, 2.24) is 4.31 Å².